The van der Waals surface area contributed by atoms with Gasteiger partial charge in [-0.15, -0.1) is 0 Å². The predicted octanol–water partition coefficient (Wildman–Crippen LogP) is 1.30. The summed E-state index contributed by atoms with van der Waals surface area (Å²) in [4.78, 5) is 17.7. The summed E-state index contributed by atoms with van der Waals surface area (Å²) in [5.41, 5.74) is 9.05. The second kappa shape index (κ2) is 19.9. The maximum absolute atomic E-state index is 11.2. The molecule has 0 aromatic heterocycles. The molecule has 0 saturated heterocycles. The lowest BCUT2D eigenvalue weighted by Gasteiger charge is -2.17. The zero-order valence-corrected chi connectivity index (χ0v) is 21.7. The Labute approximate surface area is 205 Å². The molecule has 0 fully saturated rings. The number of carbonyl (C=O) groups excluding carboxylic acids is 1. The first-order valence-electron chi connectivity index (χ1n) is 11.9. The first-order valence-corrected chi connectivity index (χ1v) is 11.9. The van der Waals surface area contributed by atoms with E-state index in [2.05, 4.69) is 45.8 Å². The third kappa shape index (κ3) is 15.3. The summed E-state index contributed by atoms with van der Waals surface area (Å²) in [7, 11) is 3.94. The number of nitriles is 1. The van der Waals surface area contributed by atoms with Gasteiger partial charge in [-0.1, -0.05) is 19.9 Å². The van der Waals surface area contributed by atoms with Gasteiger partial charge in [-0.05, 0) is 63.9 Å². The quantitative estimate of drug-likeness (QED) is 0.0470. The maximum atomic E-state index is 11.2. The van der Waals surface area contributed by atoms with E-state index in [9.17, 15) is 15.2 Å². The van der Waals surface area contributed by atoms with Gasteiger partial charge in [0.25, 0.3) is 0 Å². The number of nitrogens with zero attached hydrogens (tertiary/aromatic N) is 3. The number of likely N-dealkylation sites (N-methyl/N-ethyl adjacent to an activating group) is 2. The zero-order valence-electron chi connectivity index (χ0n) is 21.7. The number of hydrogen-bond donors (Lipinski definition) is 5. The van der Waals surface area contributed by atoms with Crippen LogP contribution in [0.1, 0.15) is 40.0 Å². The monoisotopic (exact) mass is 475 g/mol. The Morgan fingerprint density at radius 3 is 2.59 bits per heavy atom. The molecule has 0 bridgehead atoms. The first-order chi connectivity index (χ1) is 16.3. The van der Waals surface area contributed by atoms with E-state index in [0.717, 1.165) is 49.4 Å². The van der Waals surface area contributed by atoms with Gasteiger partial charge in [0.15, 0.2) is 6.29 Å². The number of aliphatic hydroxyl groups is 1. The molecule has 192 valence electrons. The van der Waals surface area contributed by atoms with Crippen LogP contribution in [0.4, 0.5) is 0 Å². The van der Waals surface area contributed by atoms with Crippen LogP contribution in [0.15, 0.2) is 39.2 Å². The lowest BCUT2D eigenvalue weighted by atomic mass is 10.0. The molecule has 0 heterocycles. The van der Waals surface area contributed by atoms with Crippen molar-refractivity contribution in [1.82, 2.24) is 20.9 Å². The Bertz CT molecular complexity index is 749. The molecule has 0 spiro atoms. The van der Waals surface area contributed by atoms with Crippen LogP contribution < -0.4 is 21.7 Å². The second-order valence-corrected chi connectivity index (χ2v) is 8.71. The maximum Gasteiger partial charge on any atom is 0.165 e. The number of allylic oxidation sites excluding steroid dienone is 4. The topological polar surface area (TPSA) is 139 Å². The van der Waals surface area contributed by atoms with Gasteiger partial charge in [-0.3, -0.25) is 15.1 Å². The van der Waals surface area contributed by atoms with Gasteiger partial charge < -0.3 is 26.4 Å². The fourth-order valence-electron chi connectivity index (χ4n) is 2.93. The molecule has 9 heteroatoms. The Morgan fingerprint density at radius 2 is 2.00 bits per heavy atom. The second-order valence-electron chi connectivity index (χ2n) is 8.71. The largest absolute Gasteiger partial charge is 0.396 e. The van der Waals surface area contributed by atoms with E-state index in [1.807, 2.05) is 27.1 Å². The van der Waals surface area contributed by atoms with Gasteiger partial charge in [0.05, 0.1) is 24.5 Å². The van der Waals surface area contributed by atoms with E-state index < -0.39 is 0 Å². The van der Waals surface area contributed by atoms with Crippen molar-refractivity contribution in [2.45, 2.75) is 40.0 Å². The smallest absolute Gasteiger partial charge is 0.165 e. The Kier molecular flexibility index (Phi) is 18.4. The molecule has 0 aliphatic rings. The lowest BCUT2D eigenvalue weighted by Crippen LogP contribution is -2.28. The van der Waals surface area contributed by atoms with Gasteiger partial charge >= 0.3 is 0 Å². The Morgan fingerprint density at radius 1 is 1.26 bits per heavy atom. The molecule has 0 aliphatic carbocycles. The van der Waals surface area contributed by atoms with Crippen molar-refractivity contribution >= 4 is 12.5 Å². The fourth-order valence-corrected chi connectivity index (χ4v) is 2.93. The van der Waals surface area contributed by atoms with E-state index in [4.69, 9.17) is 5.73 Å². The van der Waals surface area contributed by atoms with Crippen molar-refractivity contribution in [2.75, 3.05) is 60.1 Å². The van der Waals surface area contributed by atoms with Gasteiger partial charge in [-0.25, -0.2) is 0 Å². The highest BCUT2D eigenvalue weighted by Crippen LogP contribution is 2.14. The Balaban J connectivity index is 4.65. The average molecular weight is 476 g/mol. The highest BCUT2D eigenvalue weighted by atomic mass is 16.3. The summed E-state index contributed by atoms with van der Waals surface area (Å²) in [6, 6.07) is 2.17. The summed E-state index contributed by atoms with van der Waals surface area (Å²) in [6.07, 6.45) is 6.22. The number of nitrogens with two attached hydrogens (primary N) is 1. The minimum Gasteiger partial charge on any atom is -0.396 e. The van der Waals surface area contributed by atoms with E-state index >= 15 is 0 Å². The number of hydrogen-bond acceptors (Lipinski definition) is 9. The summed E-state index contributed by atoms with van der Waals surface area (Å²) in [5, 5.41) is 28.6. The van der Waals surface area contributed by atoms with Crippen LogP contribution in [0.3, 0.4) is 0 Å². The molecular formula is C25H45N7O2. The van der Waals surface area contributed by atoms with Crippen LogP contribution in [0.5, 0.6) is 0 Å². The van der Waals surface area contributed by atoms with Crippen LogP contribution in [0.25, 0.3) is 0 Å². The van der Waals surface area contributed by atoms with Crippen LogP contribution in [-0.2, 0) is 4.79 Å². The zero-order chi connectivity index (χ0) is 25.8. The third-order valence-corrected chi connectivity index (χ3v) is 5.16. The number of carbonyl (C=O) groups is 1. The minimum absolute atomic E-state index is 0.0810. The normalized spacial score (nSPS) is 13.8. The van der Waals surface area contributed by atoms with Crippen molar-refractivity contribution < 1.29 is 9.90 Å². The minimum atomic E-state index is -0.0810. The van der Waals surface area contributed by atoms with Gasteiger partial charge in [0, 0.05) is 38.1 Å². The summed E-state index contributed by atoms with van der Waals surface area (Å²) in [5.74, 6) is 0.498. The van der Waals surface area contributed by atoms with Crippen molar-refractivity contribution in [2.24, 2.45) is 16.6 Å². The predicted molar refractivity (Wildman–Crippen MR) is 140 cm³/mol. The third-order valence-electron chi connectivity index (χ3n) is 5.16. The molecule has 9 nitrogen and oxygen atoms in total. The molecule has 0 aromatic carbocycles. The molecule has 0 aromatic rings. The SMILES string of the molecule is CNCCN(C)CCC(/C=C(\CO)CCCNCN=C/C(C#N)=C(\C)NCC(C)C)=C(/N)C=O. The average Bonchev–Trinajstić information content (AvgIpc) is 2.83. The van der Waals surface area contributed by atoms with Crippen LogP contribution in [0, 0.1) is 17.2 Å². The number of aliphatic imine (C=N–C) groups is 1. The molecule has 0 unspecified atom stereocenters. The van der Waals surface area contributed by atoms with E-state index in [0.29, 0.717) is 43.8 Å². The lowest BCUT2D eigenvalue weighted by molar-refractivity contribution is -0.105. The standard InChI is InChI=1S/C25H45N7O2/c1-20(2)15-31-21(3)24(14-26)16-30-19-29-9-6-7-22(17-33)13-23(25(27)18-34)8-11-32(5)12-10-28-4/h13,16,18,20,28-29,31,33H,6-12,15,17,19,27H2,1-5H3/b22-13-,24-21+,25-23-,30-16?. The molecule has 6 N–H and O–H groups in total. The van der Waals surface area contributed by atoms with E-state index in [-0.39, 0.29) is 12.3 Å². The van der Waals surface area contributed by atoms with Crippen LogP contribution >= 0.6 is 0 Å². The van der Waals surface area contributed by atoms with Crippen molar-refractivity contribution in [3.63, 3.8) is 0 Å². The van der Waals surface area contributed by atoms with Crippen molar-refractivity contribution in [1.29, 1.82) is 5.26 Å². The molecule has 0 atom stereocenters. The van der Waals surface area contributed by atoms with Crippen LogP contribution in [-0.4, -0.2) is 82.6 Å². The van der Waals surface area contributed by atoms with E-state index in [1.165, 1.54) is 0 Å². The molecule has 0 radical (unpaired) electrons. The number of nitrogens with one attached hydrogen (secondary N) is 3. The highest BCUT2D eigenvalue weighted by Gasteiger charge is 2.06. The molecule has 0 amide bonds. The van der Waals surface area contributed by atoms with Crippen LogP contribution in [0.2, 0.25) is 0 Å². The molecular weight excluding hydrogens is 430 g/mol. The fraction of sp³-hybridized carbons (Fsp3) is 0.640. The molecule has 0 saturated carbocycles. The summed E-state index contributed by atoms with van der Waals surface area (Å²) >= 11 is 0. The number of aldehydes is 1. The van der Waals surface area contributed by atoms with E-state index in [1.54, 1.807) is 6.21 Å². The summed E-state index contributed by atoms with van der Waals surface area (Å²) < 4.78 is 0. The highest BCUT2D eigenvalue weighted by molar-refractivity contribution is 5.84. The van der Waals surface area contributed by atoms with Crippen molar-refractivity contribution in [3.8, 4) is 6.07 Å². The first kappa shape index (κ1) is 31.5. The molecule has 34 heavy (non-hydrogen) atoms. The molecule has 0 aliphatic heterocycles. The number of rotatable bonds is 19. The van der Waals surface area contributed by atoms with Crippen molar-refractivity contribution in [3.05, 3.63) is 34.2 Å². The summed E-state index contributed by atoms with van der Waals surface area (Å²) in [6.45, 7) is 10.5. The van der Waals surface area contributed by atoms with Gasteiger partial charge in [0.1, 0.15) is 6.07 Å². The Hall–Kier alpha value is -2.51. The molecule has 0 rings (SSSR count). The number of aliphatic hydroxyl groups excluding tert-OH is 1. The van der Waals surface area contributed by atoms with Gasteiger partial charge in [-0.2, -0.15) is 5.26 Å². The van der Waals surface area contributed by atoms with Gasteiger partial charge in [0.2, 0.25) is 0 Å².